The van der Waals surface area contributed by atoms with Gasteiger partial charge >= 0.3 is 0 Å². The maximum Gasteiger partial charge on any atom is 0.243 e. The molecule has 1 rings (SSSR count). The van der Waals surface area contributed by atoms with Gasteiger partial charge in [-0.2, -0.15) is 0 Å². The number of halogens is 1. The molecule has 0 fully saturated rings. The van der Waals surface area contributed by atoms with Gasteiger partial charge in [-0.15, -0.1) is 0 Å². The molecule has 8 heteroatoms. The minimum atomic E-state index is -4.12. The summed E-state index contributed by atoms with van der Waals surface area (Å²) in [5.41, 5.74) is 9.85. The molecule has 0 saturated carbocycles. The van der Waals surface area contributed by atoms with E-state index in [1.165, 1.54) is 26.8 Å². The molecule has 0 aliphatic rings. The Balaban J connectivity index is 3.10. The van der Waals surface area contributed by atoms with Crippen LogP contribution in [-0.4, -0.2) is 20.9 Å². The minimum Gasteiger partial charge on any atom is -0.399 e. The lowest BCUT2D eigenvalue weighted by atomic mass is 9.93. The number of aryl methyl sites for hydroxylation is 1. The predicted molar refractivity (Wildman–Crippen MR) is 73.7 cm³/mol. The summed E-state index contributed by atoms with van der Waals surface area (Å²) in [4.78, 5) is 10.6. The van der Waals surface area contributed by atoms with Gasteiger partial charge in [0.2, 0.25) is 15.9 Å². The quantitative estimate of drug-likeness (QED) is 0.687. The highest BCUT2D eigenvalue weighted by Gasteiger charge is 2.29. The van der Waals surface area contributed by atoms with Gasteiger partial charge in [0.25, 0.3) is 0 Å². The zero-order valence-electron chi connectivity index (χ0n) is 11.5. The van der Waals surface area contributed by atoms with Crippen LogP contribution in [0.2, 0.25) is 0 Å². The van der Waals surface area contributed by atoms with Gasteiger partial charge < -0.3 is 11.5 Å². The Kier molecular flexibility index (Phi) is 4.40. The second-order valence-corrected chi connectivity index (χ2v) is 6.96. The van der Waals surface area contributed by atoms with Gasteiger partial charge in [0, 0.05) is 12.2 Å². The Morgan fingerprint density at radius 3 is 2.45 bits per heavy atom. The highest BCUT2D eigenvalue weighted by molar-refractivity contribution is 7.89. The van der Waals surface area contributed by atoms with Crippen molar-refractivity contribution in [1.82, 2.24) is 4.72 Å². The maximum absolute atomic E-state index is 13.9. The third kappa shape index (κ3) is 3.45. The molecule has 1 aromatic rings. The molecule has 0 aromatic heterocycles. The van der Waals surface area contributed by atoms with E-state index in [1.807, 2.05) is 0 Å². The van der Waals surface area contributed by atoms with Gasteiger partial charge in [-0.25, -0.2) is 17.5 Å². The van der Waals surface area contributed by atoms with E-state index in [4.69, 9.17) is 11.5 Å². The standard InChI is InChI=1S/C12H18FN3O3S/c1-7-4-8(14)5-9(10(7)13)20(18,19)16-6-12(2,3)11(15)17/h4-5,16H,6,14H2,1-3H3,(H2,15,17). The van der Waals surface area contributed by atoms with Crippen LogP contribution in [0.25, 0.3) is 0 Å². The Morgan fingerprint density at radius 2 is 1.95 bits per heavy atom. The van der Waals surface area contributed by atoms with Crippen molar-refractivity contribution < 1.29 is 17.6 Å². The van der Waals surface area contributed by atoms with Gasteiger partial charge in [0.15, 0.2) is 0 Å². The van der Waals surface area contributed by atoms with E-state index in [0.29, 0.717) is 0 Å². The number of hydrogen-bond donors (Lipinski definition) is 3. The second-order valence-electron chi connectivity index (χ2n) is 5.22. The Morgan fingerprint density at radius 1 is 1.40 bits per heavy atom. The fourth-order valence-electron chi connectivity index (χ4n) is 1.40. The predicted octanol–water partition coefficient (Wildman–Crippen LogP) is 0.506. The molecular weight excluding hydrogens is 285 g/mol. The van der Waals surface area contributed by atoms with Crippen molar-refractivity contribution in [3.05, 3.63) is 23.5 Å². The number of carbonyl (C=O) groups excluding carboxylic acids is 1. The van der Waals surface area contributed by atoms with Gasteiger partial charge in [0.1, 0.15) is 10.7 Å². The maximum atomic E-state index is 13.9. The van der Waals surface area contributed by atoms with Crippen LogP contribution in [-0.2, 0) is 14.8 Å². The zero-order chi connectivity index (χ0) is 15.7. The molecule has 0 radical (unpaired) electrons. The molecule has 5 N–H and O–H groups in total. The summed E-state index contributed by atoms with van der Waals surface area (Å²) in [7, 11) is -4.12. The fourth-order valence-corrected chi connectivity index (χ4v) is 2.79. The molecule has 0 heterocycles. The van der Waals surface area contributed by atoms with Crippen LogP contribution in [0, 0.1) is 18.2 Å². The van der Waals surface area contributed by atoms with Crippen molar-refractivity contribution in [1.29, 1.82) is 0 Å². The van der Waals surface area contributed by atoms with Gasteiger partial charge in [-0.3, -0.25) is 4.79 Å². The van der Waals surface area contributed by atoms with E-state index in [-0.39, 0.29) is 17.8 Å². The molecular formula is C12H18FN3O3S. The number of amides is 1. The molecule has 6 nitrogen and oxygen atoms in total. The molecule has 0 bridgehead atoms. The van der Waals surface area contributed by atoms with Crippen LogP contribution >= 0.6 is 0 Å². The van der Waals surface area contributed by atoms with E-state index < -0.39 is 32.1 Å². The summed E-state index contributed by atoms with van der Waals surface area (Å²) in [5, 5.41) is 0. The summed E-state index contributed by atoms with van der Waals surface area (Å²) in [6, 6.07) is 2.36. The summed E-state index contributed by atoms with van der Waals surface area (Å²) >= 11 is 0. The number of primary amides is 1. The van der Waals surface area contributed by atoms with Crippen molar-refractivity contribution in [2.45, 2.75) is 25.7 Å². The molecule has 20 heavy (non-hydrogen) atoms. The van der Waals surface area contributed by atoms with E-state index in [2.05, 4.69) is 4.72 Å². The number of carbonyl (C=O) groups is 1. The lowest BCUT2D eigenvalue weighted by Gasteiger charge is -2.21. The van der Waals surface area contributed by atoms with Crippen LogP contribution in [0.3, 0.4) is 0 Å². The molecule has 0 saturated heterocycles. The first-order valence-corrected chi connectivity index (χ1v) is 7.31. The molecule has 112 valence electrons. The lowest BCUT2D eigenvalue weighted by Crippen LogP contribution is -2.42. The van der Waals surface area contributed by atoms with Crippen LogP contribution in [0.4, 0.5) is 10.1 Å². The second kappa shape index (κ2) is 5.37. The number of hydrogen-bond acceptors (Lipinski definition) is 4. The number of nitrogen functional groups attached to an aromatic ring is 1. The normalized spacial score (nSPS) is 12.4. The average Bonchev–Trinajstić information content (AvgIpc) is 2.31. The van der Waals surface area contributed by atoms with Gasteiger partial charge in [-0.05, 0) is 38.5 Å². The van der Waals surface area contributed by atoms with Crippen LogP contribution in [0.5, 0.6) is 0 Å². The molecule has 0 unspecified atom stereocenters. The monoisotopic (exact) mass is 303 g/mol. The first-order chi connectivity index (χ1) is 8.97. The van der Waals surface area contributed by atoms with Crippen molar-refractivity contribution in [3.8, 4) is 0 Å². The topological polar surface area (TPSA) is 115 Å². The molecule has 0 aliphatic heterocycles. The summed E-state index contributed by atoms with van der Waals surface area (Å²) in [6.45, 7) is 4.15. The third-order valence-electron chi connectivity index (χ3n) is 2.90. The van der Waals surface area contributed by atoms with E-state index in [0.717, 1.165) is 6.07 Å². The molecule has 1 aromatic carbocycles. The first kappa shape index (κ1) is 16.4. The highest BCUT2D eigenvalue weighted by atomic mass is 32.2. The van der Waals surface area contributed by atoms with Crippen LogP contribution in [0.15, 0.2) is 17.0 Å². The fraction of sp³-hybridized carbons (Fsp3) is 0.417. The van der Waals surface area contributed by atoms with E-state index in [1.54, 1.807) is 0 Å². The average molecular weight is 303 g/mol. The smallest absolute Gasteiger partial charge is 0.243 e. The number of benzene rings is 1. The Hall–Kier alpha value is -1.67. The summed E-state index contributed by atoms with van der Waals surface area (Å²) < 4.78 is 40.2. The summed E-state index contributed by atoms with van der Waals surface area (Å²) in [5.74, 6) is -1.53. The molecule has 1 amide bonds. The molecule has 0 aliphatic carbocycles. The van der Waals surface area contributed by atoms with E-state index >= 15 is 0 Å². The number of rotatable bonds is 5. The minimum absolute atomic E-state index is 0.125. The molecule has 0 atom stereocenters. The van der Waals surface area contributed by atoms with Crippen molar-refractivity contribution in [2.24, 2.45) is 11.1 Å². The number of nitrogens with two attached hydrogens (primary N) is 2. The SMILES string of the molecule is Cc1cc(N)cc(S(=O)(=O)NCC(C)(C)C(N)=O)c1F. The number of nitrogens with one attached hydrogen (secondary N) is 1. The van der Waals surface area contributed by atoms with Crippen molar-refractivity contribution in [2.75, 3.05) is 12.3 Å². The summed E-state index contributed by atoms with van der Waals surface area (Å²) in [6.07, 6.45) is 0. The van der Waals surface area contributed by atoms with E-state index in [9.17, 15) is 17.6 Å². The number of sulfonamides is 1. The first-order valence-electron chi connectivity index (χ1n) is 5.82. The zero-order valence-corrected chi connectivity index (χ0v) is 12.3. The Bertz CT molecular complexity index is 642. The van der Waals surface area contributed by atoms with Gasteiger partial charge in [-0.1, -0.05) is 0 Å². The number of anilines is 1. The Labute approximate surface area is 117 Å². The third-order valence-corrected chi connectivity index (χ3v) is 4.30. The highest BCUT2D eigenvalue weighted by Crippen LogP contribution is 2.22. The largest absolute Gasteiger partial charge is 0.399 e. The van der Waals surface area contributed by atoms with Crippen LogP contribution in [0.1, 0.15) is 19.4 Å². The van der Waals surface area contributed by atoms with Crippen LogP contribution < -0.4 is 16.2 Å². The molecule has 0 spiro atoms. The van der Waals surface area contributed by atoms with Gasteiger partial charge in [0.05, 0.1) is 5.41 Å². The lowest BCUT2D eigenvalue weighted by molar-refractivity contribution is -0.125. The van der Waals surface area contributed by atoms with Crippen molar-refractivity contribution >= 4 is 21.6 Å². The van der Waals surface area contributed by atoms with Crippen molar-refractivity contribution in [3.63, 3.8) is 0 Å².